The number of nitrogens with one attached hydrogen (secondary N) is 3. The number of rotatable bonds is 9. The molecular formula is C25H21ClN6O3. The fourth-order valence-electron chi connectivity index (χ4n) is 3.02. The van der Waals surface area contributed by atoms with Crippen LogP contribution in [0.5, 0.6) is 5.75 Å². The molecule has 3 amide bonds. The van der Waals surface area contributed by atoms with Gasteiger partial charge < -0.3 is 15.4 Å². The maximum atomic E-state index is 12.4. The summed E-state index contributed by atoms with van der Waals surface area (Å²) in [6.45, 7) is 7.61. The van der Waals surface area contributed by atoms with Gasteiger partial charge in [0.25, 0.3) is 0 Å². The Morgan fingerprint density at radius 2 is 1.97 bits per heavy atom. The van der Waals surface area contributed by atoms with Crippen molar-refractivity contribution in [3.63, 3.8) is 0 Å². The Balaban J connectivity index is 1.47. The minimum absolute atomic E-state index is 0.125. The lowest BCUT2D eigenvalue weighted by Crippen LogP contribution is -2.27. The highest BCUT2D eigenvalue weighted by atomic mass is 35.5. The minimum atomic E-state index is -0.551. The molecule has 0 radical (unpaired) electrons. The van der Waals surface area contributed by atoms with Crippen LogP contribution in [-0.2, 0) is 11.2 Å². The van der Waals surface area contributed by atoms with Crippen LogP contribution in [0.15, 0.2) is 60.8 Å². The van der Waals surface area contributed by atoms with Gasteiger partial charge in [0.2, 0.25) is 11.6 Å². The van der Waals surface area contributed by atoms with E-state index >= 15 is 0 Å². The number of carbonyl (C=O) groups excluding carboxylic acids is 2. The van der Waals surface area contributed by atoms with E-state index in [0.717, 1.165) is 0 Å². The normalized spacial score (nSPS) is 9.91. The molecule has 0 unspecified atom stereocenters. The molecule has 10 heteroatoms. The van der Waals surface area contributed by atoms with Crippen molar-refractivity contribution in [2.45, 2.75) is 12.8 Å². The number of aromatic nitrogens is 1. The standard InChI is InChI=1S/C25H21ClN6O3/c1-28-20-8-10-23(30-16-20)32-25(34)31-21-14-19(26)7-9-22(21)35-12-4-11-29-24(33)13-17-5-2-3-6-18(17)15-27/h2-3,5-10,14,16H,4,11-13H2,(H,29,33)(H2,30,31,32,34). The van der Waals surface area contributed by atoms with Gasteiger partial charge >= 0.3 is 6.03 Å². The van der Waals surface area contributed by atoms with Crippen molar-refractivity contribution in [3.05, 3.63) is 88.4 Å². The van der Waals surface area contributed by atoms with Crippen molar-refractivity contribution in [3.8, 4) is 11.8 Å². The van der Waals surface area contributed by atoms with Crippen molar-refractivity contribution >= 4 is 40.7 Å². The molecule has 0 saturated heterocycles. The van der Waals surface area contributed by atoms with Gasteiger partial charge in [0, 0.05) is 17.8 Å². The topological polar surface area (TPSA) is 120 Å². The number of urea groups is 1. The number of anilines is 2. The largest absolute Gasteiger partial charge is 0.491 e. The number of benzene rings is 2. The van der Waals surface area contributed by atoms with E-state index in [1.807, 2.05) is 0 Å². The summed E-state index contributed by atoms with van der Waals surface area (Å²) in [5.74, 6) is 0.513. The van der Waals surface area contributed by atoms with Gasteiger partial charge in [0.1, 0.15) is 11.6 Å². The minimum Gasteiger partial charge on any atom is -0.491 e. The third kappa shape index (κ3) is 7.74. The second-order valence-electron chi connectivity index (χ2n) is 7.23. The van der Waals surface area contributed by atoms with Crippen LogP contribution in [0.2, 0.25) is 5.02 Å². The van der Waals surface area contributed by atoms with Crippen molar-refractivity contribution < 1.29 is 14.3 Å². The van der Waals surface area contributed by atoms with Gasteiger partial charge in [0.05, 0.1) is 36.9 Å². The zero-order valence-corrected chi connectivity index (χ0v) is 19.3. The molecule has 3 N–H and O–H groups in total. The number of halogens is 1. The molecular weight excluding hydrogens is 468 g/mol. The number of carbonyl (C=O) groups is 2. The first kappa shape index (κ1) is 25.0. The van der Waals surface area contributed by atoms with Crippen LogP contribution in [0.4, 0.5) is 22.0 Å². The van der Waals surface area contributed by atoms with Crippen LogP contribution in [0.1, 0.15) is 17.5 Å². The predicted octanol–water partition coefficient (Wildman–Crippen LogP) is 4.93. The molecule has 0 saturated carbocycles. The molecule has 3 rings (SSSR count). The Bertz CT molecular complexity index is 1280. The quantitative estimate of drug-likeness (QED) is 0.291. The van der Waals surface area contributed by atoms with Gasteiger partial charge in [0.15, 0.2) is 0 Å². The van der Waals surface area contributed by atoms with E-state index in [1.165, 1.54) is 12.3 Å². The van der Waals surface area contributed by atoms with Gasteiger partial charge in [-0.25, -0.2) is 9.64 Å². The summed E-state index contributed by atoms with van der Waals surface area (Å²) < 4.78 is 5.77. The van der Waals surface area contributed by atoms with Gasteiger partial charge in [-0.1, -0.05) is 35.9 Å². The molecule has 0 aliphatic rings. The summed E-state index contributed by atoms with van der Waals surface area (Å²) in [5, 5.41) is 17.6. The number of nitriles is 1. The van der Waals surface area contributed by atoms with E-state index in [9.17, 15) is 9.59 Å². The van der Waals surface area contributed by atoms with Crippen LogP contribution < -0.4 is 20.7 Å². The highest BCUT2D eigenvalue weighted by Gasteiger charge is 2.11. The zero-order valence-electron chi connectivity index (χ0n) is 18.5. The average Bonchev–Trinajstić information content (AvgIpc) is 2.85. The fourth-order valence-corrected chi connectivity index (χ4v) is 3.19. The van der Waals surface area contributed by atoms with E-state index in [-0.39, 0.29) is 24.8 Å². The van der Waals surface area contributed by atoms with Crippen LogP contribution in [0, 0.1) is 17.9 Å². The SMILES string of the molecule is [C-]#[N+]c1ccc(NC(=O)Nc2cc(Cl)ccc2OCCCNC(=O)Cc2ccccc2C#N)nc1. The summed E-state index contributed by atoms with van der Waals surface area (Å²) in [4.78, 5) is 31.8. The van der Waals surface area contributed by atoms with E-state index < -0.39 is 6.03 Å². The summed E-state index contributed by atoms with van der Waals surface area (Å²) in [6, 6.07) is 16.4. The Morgan fingerprint density at radius 3 is 2.71 bits per heavy atom. The Hall–Kier alpha value is -4.60. The first-order valence-electron chi connectivity index (χ1n) is 10.6. The molecule has 1 heterocycles. The van der Waals surface area contributed by atoms with Crippen LogP contribution >= 0.6 is 11.6 Å². The Labute approximate surface area is 207 Å². The van der Waals surface area contributed by atoms with E-state index in [0.29, 0.717) is 46.2 Å². The number of hydrogen-bond acceptors (Lipinski definition) is 5. The molecule has 0 bridgehead atoms. The smallest absolute Gasteiger partial charge is 0.324 e. The molecule has 0 spiro atoms. The highest BCUT2D eigenvalue weighted by molar-refractivity contribution is 6.31. The summed E-state index contributed by atoms with van der Waals surface area (Å²) in [5.41, 5.74) is 1.89. The molecule has 35 heavy (non-hydrogen) atoms. The van der Waals surface area contributed by atoms with Crippen molar-refractivity contribution in [1.82, 2.24) is 10.3 Å². The van der Waals surface area contributed by atoms with Crippen LogP contribution in [-0.4, -0.2) is 30.1 Å². The molecule has 2 aromatic carbocycles. The fraction of sp³-hybridized carbons (Fsp3) is 0.160. The van der Waals surface area contributed by atoms with E-state index in [2.05, 4.69) is 31.8 Å². The molecule has 0 aliphatic heterocycles. The second-order valence-corrected chi connectivity index (χ2v) is 7.67. The first-order valence-corrected chi connectivity index (χ1v) is 10.9. The summed E-state index contributed by atoms with van der Waals surface area (Å²) in [7, 11) is 0. The molecule has 176 valence electrons. The van der Waals surface area contributed by atoms with Gasteiger partial charge in [-0.3, -0.25) is 15.1 Å². The monoisotopic (exact) mass is 488 g/mol. The number of pyridine rings is 1. The van der Waals surface area contributed by atoms with Gasteiger partial charge in [-0.2, -0.15) is 5.26 Å². The van der Waals surface area contributed by atoms with Crippen molar-refractivity contribution in [2.24, 2.45) is 0 Å². The molecule has 0 fully saturated rings. The third-order valence-electron chi connectivity index (χ3n) is 4.70. The number of ether oxygens (including phenoxy) is 1. The molecule has 3 aromatic rings. The second kappa shape index (κ2) is 12.6. The lowest BCUT2D eigenvalue weighted by molar-refractivity contribution is -0.120. The van der Waals surface area contributed by atoms with Gasteiger partial charge in [-0.15, -0.1) is 0 Å². The Morgan fingerprint density at radius 1 is 1.14 bits per heavy atom. The highest BCUT2D eigenvalue weighted by Crippen LogP contribution is 2.28. The maximum absolute atomic E-state index is 12.4. The summed E-state index contributed by atoms with van der Waals surface area (Å²) in [6.07, 6.45) is 2.01. The number of nitrogens with zero attached hydrogens (tertiary/aromatic N) is 3. The first-order chi connectivity index (χ1) is 17.0. The lowest BCUT2D eigenvalue weighted by Gasteiger charge is -2.14. The lowest BCUT2D eigenvalue weighted by atomic mass is 10.1. The molecule has 0 aliphatic carbocycles. The summed E-state index contributed by atoms with van der Waals surface area (Å²) >= 11 is 6.07. The molecule has 9 nitrogen and oxygen atoms in total. The predicted molar refractivity (Wildman–Crippen MR) is 133 cm³/mol. The van der Waals surface area contributed by atoms with Gasteiger partial charge in [-0.05, 0) is 42.3 Å². The zero-order chi connectivity index (χ0) is 25.0. The number of amides is 3. The van der Waals surface area contributed by atoms with E-state index in [1.54, 1.807) is 48.5 Å². The van der Waals surface area contributed by atoms with Crippen LogP contribution in [0.3, 0.4) is 0 Å². The molecule has 0 atom stereocenters. The van der Waals surface area contributed by atoms with Crippen molar-refractivity contribution in [1.29, 1.82) is 5.26 Å². The maximum Gasteiger partial charge on any atom is 0.324 e. The van der Waals surface area contributed by atoms with Crippen molar-refractivity contribution in [2.75, 3.05) is 23.8 Å². The van der Waals surface area contributed by atoms with E-state index in [4.69, 9.17) is 28.2 Å². The average molecular weight is 489 g/mol. The number of hydrogen-bond donors (Lipinski definition) is 3. The molecule has 1 aromatic heterocycles. The van der Waals surface area contributed by atoms with Crippen LogP contribution in [0.25, 0.3) is 4.85 Å². The Kier molecular flexibility index (Phi) is 9.00. The third-order valence-corrected chi connectivity index (χ3v) is 4.93.